The molecule has 2 aromatic rings. The minimum Gasteiger partial charge on any atom is -0.379 e. The molecule has 0 aliphatic carbocycles. The Bertz CT molecular complexity index is 628. The number of rotatable bonds is 6. The van der Waals surface area contributed by atoms with E-state index in [1.807, 2.05) is 16.7 Å². The molecule has 20 heavy (non-hydrogen) atoms. The van der Waals surface area contributed by atoms with Crippen LogP contribution < -0.4 is 0 Å². The van der Waals surface area contributed by atoms with Crippen LogP contribution in [-0.2, 0) is 17.2 Å². The maximum absolute atomic E-state index is 9.00. The fourth-order valence-corrected chi connectivity index (χ4v) is 2.27. The minimum atomic E-state index is 0.348. The zero-order valence-corrected chi connectivity index (χ0v) is 12.5. The fraction of sp³-hybridized carbons (Fsp3) is 0.467. The molecule has 0 spiro atoms. The van der Waals surface area contributed by atoms with E-state index in [9.17, 15) is 0 Å². The van der Waals surface area contributed by atoms with Crippen LogP contribution in [-0.4, -0.2) is 22.8 Å². The number of benzene rings is 1. The summed E-state index contributed by atoms with van der Waals surface area (Å²) in [5.41, 5.74) is 2.43. The Morgan fingerprint density at radius 3 is 2.90 bits per heavy atom. The highest BCUT2D eigenvalue weighted by Crippen LogP contribution is 2.19. The molecule has 106 valence electrons. The van der Waals surface area contributed by atoms with Gasteiger partial charge in [-0.15, -0.1) is 11.6 Å². The lowest BCUT2D eigenvalue weighted by atomic mass is 10.2. The third-order valence-corrected chi connectivity index (χ3v) is 3.23. The number of aromatic nitrogens is 2. The van der Waals surface area contributed by atoms with E-state index in [0.29, 0.717) is 30.5 Å². The second-order valence-electron chi connectivity index (χ2n) is 5.10. The Balaban J connectivity index is 2.23. The van der Waals surface area contributed by atoms with Crippen molar-refractivity contribution < 1.29 is 4.74 Å². The highest BCUT2D eigenvalue weighted by Gasteiger charge is 2.10. The fourth-order valence-electron chi connectivity index (χ4n) is 2.07. The molecule has 0 bridgehead atoms. The molecule has 0 aliphatic heterocycles. The predicted molar refractivity (Wildman–Crippen MR) is 79.7 cm³/mol. The molecular formula is C15H18ClN3O. The number of fused-ring (bicyclic) bond motifs is 1. The number of alkyl halides is 1. The number of imidazole rings is 1. The Hall–Kier alpha value is -1.57. The Kier molecular flexibility index (Phi) is 4.99. The van der Waals surface area contributed by atoms with Gasteiger partial charge >= 0.3 is 0 Å². The summed E-state index contributed by atoms with van der Waals surface area (Å²) in [5.74, 6) is 1.68. The van der Waals surface area contributed by atoms with Gasteiger partial charge in [0.15, 0.2) is 0 Å². The van der Waals surface area contributed by atoms with Crippen molar-refractivity contribution in [3.63, 3.8) is 0 Å². The summed E-state index contributed by atoms with van der Waals surface area (Å²) in [6.45, 7) is 6.29. The second kappa shape index (κ2) is 6.74. The minimum absolute atomic E-state index is 0.348. The highest BCUT2D eigenvalue weighted by atomic mass is 35.5. The lowest BCUT2D eigenvalue weighted by molar-refractivity contribution is 0.103. The van der Waals surface area contributed by atoms with Gasteiger partial charge in [-0.2, -0.15) is 5.26 Å². The molecule has 1 aromatic heterocycles. The summed E-state index contributed by atoms with van der Waals surface area (Å²) in [7, 11) is 0. The second-order valence-corrected chi connectivity index (χ2v) is 5.36. The van der Waals surface area contributed by atoms with E-state index in [1.165, 1.54) is 0 Å². The molecule has 0 atom stereocenters. The maximum Gasteiger partial charge on any atom is 0.124 e. The first kappa shape index (κ1) is 14.8. The third-order valence-electron chi connectivity index (χ3n) is 2.99. The van der Waals surface area contributed by atoms with Gasteiger partial charge in [-0.25, -0.2) is 4.98 Å². The normalized spacial score (nSPS) is 11.2. The van der Waals surface area contributed by atoms with Crippen LogP contribution in [0.1, 0.15) is 25.2 Å². The number of hydrogen-bond donors (Lipinski definition) is 0. The van der Waals surface area contributed by atoms with Crippen molar-refractivity contribution in [1.82, 2.24) is 9.55 Å². The van der Waals surface area contributed by atoms with Gasteiger partial charge in [0, 0.05) is 13.2 Å². The average molecular weight is 292 g/mol. The summed E-state index contributed by atoms with van der Waals surface area (Å²) in [4.78, 5) is 4.49. The highest BCUT2D eigenvalue weighted by molar-refractivity contribution is 6.16. The first-order valence-electron chi connectivity index (χ1n) is 6.68. The summed E-state index contributed by atoms with van der Waals surface area (Å²) in [5, 5.41) is 9.00. The standard InChI is InChI=1S/C15H18ClN3O/c1-11(2)10-20-6-5-19-14-7-12(9-17)3-4-13(14)18-15(19)8-16/h3-4,7,11H,5-6,8,10H2,1-2H3. The number of ether oxygens (including phenoxy) is 1. The third kappa shape index (κ3) is 3.30. The zero-order valence-electron chi connectivity index (χ0n) is 11.8. The van der Waals surface area contributed by atoms with Gasteiger partial charge in [0.05, 0.1) is 35.2 Å². The maximum atomic E-state index is 9.00. The zero-order chi connectivity index (χ0) is 14.5. The molecule has 0 saturated heterocycles. The topological polar surface area (TPSA) is 50.8 Å². The number of nitriles is 1. The smallest absolute Gasteiger partial charge is 0.124 e. The van der Waals surface area contributed by atoms with E-state index in [4.69, 9.17) is 21.6 Å². The van der Waals surface area contributed by atoms with E-state index in [1.54, 1.807) is 6.07 Å². The van der Waals surface area contributed by atoms with Gasteiger partial charge in [0.2, 0.25) is 0 Å². The molecule has 0 radical (unpaired) electrons. The monoisotopic (exact) mass is 291 g/mol. The van der Waals surface area contributed by atoms with E-state index in [2.05, 4.69) is 24.9 Å². The Morgan fingerprint density at radius 1 is 1.45 bits per heavy atom. The van der Waals surface area contributed by atoms with Crippen LogP contribution >= 0.6 is 11.6 Å². The van der Waals surface area contributed by atoms with Gasteiger partial charge in [-0.05, 0) is 24.1 Å². The van der Waals surface area contributed by atoms with Crippen molar-refractivity contribution in [2.75, 3.05) is 13.2 Å². The lowest BCUT2D eigenvalue weighted by Gasteiger charge is -2.10. The molecule has 0 saturated carbocycles. The number of halogens is 1. The molecule has 0 amide bonds. The average Bonchev–Trinajstić information content (AvgIpc) is 2.80. The van der Waals surface area contributed by atoms with Crippen LogP contribution in [0.25, 0.3) is 11.0 Å². The van der Waals surface area contributed by atoms with Crippen LogP contribution in [0.5, 0.6) is 0 Å². The number of hydrogen-bond acceptors (Lipinski definition) is 3. The summed E-state index contributed by atoms with van der Waals surface area (Å²) < 4.78 is 7.65. The molecule has 0 aliphatic rings. The first-order chi connectivity index (χ1) is 9.65. The van der Waals surface area contributed by atoms with E-state index in [0.717, 1.165) is 23.5 Å². The summed E-state index contributed by atoms with van der Waals surface area (Å²) in [6, 6.07) is 7.63. The van der Waals surface area contributed by atoms with Crippen LogP contribution in [0.2, 0.25) is 0 Å². The van der Waals surface area contributed by atoms with Crippen molar-refractivity contribution in [2.45, 2.75) is 26.3 Å². The number of nitrogens with zero attached hydrogens (tertiary/aromatic N) is 3. The van der Waals surface area contributed by atoms with Gasteiger partial charge in [-0.3, -0.25) is 0 Å². The van der Waals surface area contributed by atoms with Crippen LogP contribution in [0.15, 0.2) is 18.2 Å². The van der Waals surface area contributed by atoms with Crippen molar-refractivity contribution in [3.8, 4) is 6.07 Å². The lowest BCUT2D eigenvalue weighted by Crippen LogP contribution is -2.11. The summed E-state index contributed by atoms with van der Waals surface area (Å²) >= 11 is 5.95. The molecule has 0 unspecified atom stereocenters. The largest absolute Gasteiger partial charge is 0.379 e. The SMILES string of the molecule is CC(C)COCCn1c(CCl)nc2ccc(C#N)cc21. The van der Waals surface area contributed by atoms with Gasteiger partial charge in [0.25, 0.3) is 0 Å². The van der Waals surface area contributed by atoms with E-state index in [-0.39, 0.29) is 0 Å². The van der Waals surface area contributed by atoms with E-state index < -0.39 is 0 Å². The van der Waals surface area contributed by atoms with Crippen LogP contribution in [0.4, 0.5) is 0 Å². The van der Waals surface area contributed by atoms with Crippen LogP contribution in [0.3, 0.4) is 0 Å². The van der Waals surface area contributed by atoms with Crippen molar-refractivity contribution in [2.24, 2.45) is 5.92 Å². The first-order valence-corrected chi connectivity index (χ1v) is 7.22. The molecule has 0 fully saturated rings. The molecule has 1 heterocycles. The molecule has 5 heteroatoms. The van der Waals surface area contributed by atoms with Gasteiger partial charge in [0.1, 0.15) is 5.82 Å². The van der Waals surface area contributed by atoms with Crippen molar-refractivity contribution >= 4 is 22.6 Å². The van der Waals surface area contributed by atoms with Gasteiger partial charge < -0.3 is 9.30 Å². The van der Waals surface area contributed by atoms with Gasteiger partial charge in [-0.1, -0.05) is 13.8 Å². The van der Waals surface area contributed by atoms with Crippen molar-refractivity contribution in [3.05, 3.63) is 29.6 Å². The molecule has 2 rings (SSSR count). The van der Waals surface area contributed by atoms with Crippen molar-refractivity contribution in [1.29, 1.82) is 5.26 Å². The molecule has 4 nitrogen and oxygen atoms in total. The molecule has 0 N–H and O–H groups in total. The quantitative estimate of drug-likeness (QED) is 0.606. The predicted octanol–water partition coefficient (Wildman–Crippen LogP) is 3.32. The van der Waals surface area contributed by atoms with Crippen LogP contribution in [0, 0.1) is 17.2 Å². The van der Waals surface area contributed by atoms with E-state index >= 15 is 0 Å². The molecule has 1 aromatic carbocycles. The molecular weight excluding hydrogens is 274 g/mol. The summed E-state index contributed by atoms with van der Waals surface area (Å²) in [6.07, 6.45) is 0. The Morgan fingerprint density at radius 2 is 2.25 bits per heavy atom. The Labute approximate surface area is 123 Å².